The van der Waals surface area contributed by atoms with Gasteiger partial charge in [-0.25, -0.2) is 4.98 Å². The lowest BCUT2D eigenvalue weighted by molar-refractivity contribution is 0.0793. The maximum Gasteiger partial charge on any atom is 0.263 e. The molecule has 0 unspecified atom stereocenters. The third-order valence-electron chi connectivity index (χ3n) is 5.95. The second-order valence-electron chi connectivity index (χ2n) is 8.15. The van der Waals surface area contributed by atoms with Gasteiger partial charge in [-0.05, 0) is 56.4 Å². The zero-order chi connectivity index (χ0) is 22.0. The number of carbonyl (C=O) groups excluding carboxylic acids is 1. The molecule has 31 heavy (non-hydrogen) atoms. The van der Waals surface area contributed by atoms with E-state index in [0.717, 1.165) is 75.7 Å². The molecule has 0 spiro atoms. The largest absolute Gasteiger partial charge is 0.339 e. The number of carbonyl (C=O) groups is 1. The third kappa shape index (κ3) is 4.58. The number of unbranched alkanes of at least 4 members (excludes halogenated alkanes) is 1. The number of hydrogen-bond donors (Lipinski definition) is 0. The van der Waals surface area contributed by atoms with Crippen molar-refractivity contribution >= 4 is 39.2 Å². The van der Waals surface area contributed by atoms with Crippen LogP contribution in [0.5, 0.6) is 0 Å². The maximum absolute atomic E-state index is 13.2. The molecule has 7 heteroatoms. The number of aryl methyl sites for hydroxylation is 2. The first-order valence-corrected chi connectivity index (χ1v) is 12.8. The van der Waals surface area contributed by atoms with E-state index in [4.69, 9.17) is 4.98 Å². The fourth-order valence-electron chi connectivity index (χ4n) is 3.93. The first-order valence-electron chi connectivity index (χ1n) is 11.0. The summed E-state index contributed by atoms with van der Waals surface area (Å²) in [6.45, 7) is 8.62. The number of benzene rings is 1. The predicted octanol–water partition coefficient (Wildman–Crippen LogP) is 5.40. The highest BCUT2D eigenvalue weighted by Crippen LogP contribution is 2.29. The van der Waals surface area contributed by atoms with E-state index in [2.05, 4.69) is 13.8 Å². The second kappa shape index (κ2) is 9.57. The number of rotatable bonds is 7. The molecular formula is C24H29N3O2S2. The van der Waals surface area contributed by atoms with Crippen LogP contribution >= 0.6 is 23.1 Å². The van der Waals surface area contributed by atoms with Crippen LogP contribution in [-0.4, -0.2) is 33.4 Å². The SMILES string of the molecule is CCCCn1c(SCc2ccc(C(=O)N3CCCC3)cc2)nc2sc(C)c(C)c2c1=O. The lowest BCUT2D eigenvalue weighted by Gasteiger charge is -2.15. The lowest BCUT2D eigenvalue weighted by atomic mass is 10.1. The van der Waals surface area contributed by atoms with Gasteiger partial charge in [-0.1, -0.05) is 37.2 Å². The summed E-state index contributed by atoms with van der Waals surface area (Å²) in [5, 5.41) is 1.55. The molecule has 2 aromatic heterocycles. The van der Waals surface area contributed by atoms with Gasteiger partial charge in [-0.15, -0.1) is 11.3 Å². The van der Waals surface area contributed by atoms with Crippen LogP contribution in [0.3, 0.4) is 0 Å². The number of amides is 1. The highest BCUT2D eigenvalue weighted by molar-refractivity contribution is 7.98. The minimum Gasteiger partial charge on any atom is -0.339 e. The standard InChI is InChI=1S/C24H29N3O2S2/c1-4-5-14-27-23(29)20-16(2)17(3)31-21(20)25-24(27)30-15-18-8-10-19(11-9-18)22(28)26-12-6-7-13-26/h8-11H,4-7,12-15H2,1-3H3. The molecule has 1 aromatic carbocycles. The van der Waals surface area contributed by atoms with Crippen LogP contribution in [-0.2, 0) is 12.3 Å². The quantitative estimate of drug-likeness (QED) is 0.353. The van der Waals surface area contributed by atoms with E-state index in [9.17, 15) is 9.59 Å². The fourth-order valence-corrected chi connectivity index (χ4v) is 5.98. The van der Waals surface area contributed by atoms with E-state index in [0.29, 0.717) is 12.3 Å². The predicted molar refractivity (Wildman–Crippen MR) is 129 cm³/mol. The highest BCUT2D eigenvalue weighted by Gasteiger charge is 2.20. The summed E-state index contributed by atoms with van der Waals surface area (Å²) in [4.78, 5) is 34.6. The molecule has 3 aromatic rings. The van der Waals surface area contributed by atoms with Crippen LogP contribution in [0.25, 0.3) is 10.2 Å². The Hall–Kier alpha value is -2.12. The molecule has 1 aliphatic heterocycles. The molecule has 0 atom stereocenters. The summed E-state index contributed by atoms with van der Waals surface area (Å²) < 4.78 is 1.85. The topological polar surface area (TPSA) is 55.2 Å². The number of aromatic nitrogens is 2. The molecule has 0 radical (unpaired) electrons. The Balaban J connectivity index is 1.55. The van der Waals surface area contributed by atoms with E-state index < -0.39 is 0 Å². The molecule has 0 N–H and O–H groups in total. The Kier molecular flexibility index (Phi) is 6.82. The molecule has 1 amide bonds. The zero-order valence-corrected chi connectivity index (χ0v) is 20.1. The normalized spacial score (nSPS) is 14.0. The van der Waals surface area contributed by atoms with Crippen LogP contribution in [0, 0.1) is 13.8 Å². The molecule has 0 aliphatic carbocycles. The molecule has 1 saturated heterocycles. The van der Waals surface area contributed by atoms with E-state index in [-0.39, 0.29) is 11.5 Å². The Labute approximate surface area is 191 Å². The van der Waals surface area contributed by atoms with Gasteiger partial charge in [0.1, 0.15) is 4.83 Å². The van der Waals surface area contributed by atoms with Gasteiger partial charge in [-0.3, -0.25) is 14.2 Å². The van der Waals surface area contributed by atoms with E-state index in [1.807, 2.05) is 40.7 Å². The van der Waals surface area contributed by atoms with Crippen LogP contribution in [0.2, 0.25) is 0 Å². The summed E-state index contributed by atoms with van der Waals surface area (Å²) in [5.74, 6) is 0.839. The minimum atomic E-state index is 0.0781. The summed E-state index contributed by atoms with van der Waals surface area (Å²) in [7, 11) is 0. The number of thiophene rings is 1. The van der Waals surface area contributed by atoms with Gasteiger partial charge in [0.15, 0.2) is 5.16 Å². The van der Waals surface area contributed by atoms with Crippen molar-refractivity contribution < 1.29 is 4.79 Å². The van der Waals surface area contributed by atoms with Crippen molar-refractivity contribution in [2.45, 2.75) is 63.9 Å². The molecule has 1 aliphatic rings. The molecule has 4 rings (SSSR count). The smallest absolute Gasteiger partial charge is 0.263 e. The Morgan fingerprint density at radius 3 is 2.55 bits per heavy atom. The molecule has 0 saturated carbocycles. The first kappa shape index (κ1) is 22.1. The third-order valence-corrected chi connectivity index (χ3v) is 8.10. The van der Waals surface area contributed by atoms with Gasteiger partial charge in [0.25, 0.3) is 11.5 Å². The van der Waals surface area contributed by atoms with Crippen molar-refractivity contribution in [2.24, 2.45) is 0 Å². The summed E-state index contributed by atoms with van der Waals surface area (Å²) >= 11 is 3.20. The van der Waals surface area contributed by atoms with Gasteiger partial charge in [0, 0.05) is 35.8 Å². The minimum absolute atomic E-state index is 0.0781. The molecule has 5 nitrogen and oxygen atoms in total. The summed E-state index contributed by atoms with van der Waals surface area (Å²) in [5.41, 5.74) is 3.00. The van der Waals surface area contributed by atoms with Crippen molar-refractivity contribution in [3.63, 3.8) is 0 Å². The average Bonchev–Trinajstić information content (AvgIpc) is 3.40. The number of hydrogen-bond acceptors (Lipinski definition) is 5. The van der Waals surface area contributed by atoms with Crippen LogP contribution < -0.4 is 5.56 Å². The van der Waals surface area contributed by atoms with Crippen molar-refractivity contribution in [2.75, 3.05) is 13.1 Å². The summed E-state index contributed by atoms with van der Waals surface area (Å²) in [6, 6.07) is 7.87. The van der Waals surface area contributed by atoms with Crippen LogP contribution in [0.1, 0.15) is 59.0 Å². The summed E-state index contributed by atoms with van der Waals surface area (Å²) in [6.07, 6.45) is 4.18. The lowest BCUT2D eigenvalue weighted by Crippen LogP contribution is -2.27. The monoisotopic (exact) mass is 455 g/mol. The van der Waals surface area contributed by atoms with Crippen LogP contribution in [0.4, 0.5) is 0 Å². The van der Waals surface area contributed by atoms with Crippen LogP contribution in [0.15, 0.2) is 34.2 Å². The molecular weight excluding hydrogens is 426 g/mol. The number of fused-ring (bicyclic) bond motifs is 1. The number of thioether (sulfide) groups is 1. The fraction of sp³-hybridized carbons (Fsp3) is 0.458. The van der Waals surface area contributed by atoms with Gasteiger partial charge in [0.05, 0.1) is 5.39 Å². The van der Waals surface area contributed by atoms with Gasteiger partial charge < -0.3 is 4.90 Å². The van der Waals surface area contributed by atoms with Crippen molar-refractivity contribution in [1.29, 1.82) is 0 Å². The highest BCUT2D eigenvalue weighted by atomic mass is 32.2. The Morgan fingerprint density at radius 2 is 1.87 bits per heavy atom. The van der Waals surface area contributed by atoms with E-state index >= 15 is 0 Å². The molecule has 3 heterocycles. The second-order valence-corrected chi connectivity index (χ2v) is 10.3. The van der Waals surface area contributed by atoms with Gasteiger partial charge in [-0.2, -0.15) is 0 Å². The Bertz CT molecular complexity index is 1140. The van der Waals surface area contributed by atoms with Gasteiger partial charge in [0.2, 0.25) is 0 Å². The molecule has 1 fully saturated rings. The molecule has 164 valence electrons. The average molecular weight is 456 g/mol. The van der Waals surface area contributed by atoms with Gasteiger partial charge >= 0.3 is 0 Å². The number of nitrogens with zero attached hydrogens (tertiary/aromatic N) is 3. The van der Waals surface area contributed by atoms with E-state index in [1.54, 1.807) is 23.1 Å². The number of likely N-dealkylation sites (tertiary alicyclic amines) is 1. The van der Waals surface area contributed by atoms with Crippen molar-refractivity contribution in [3.05, 3.63) is 56.2 Å². The Morgan fingerprint density at radius 1 is 1.16 bits per heavy atom. The maximum atomic E-state index is 13.2. The van der Waals surface area contributed by atoms with Crippen molar-refractivity contribution in [3.8, 4) is 0 Å². The zero-order valence-electron chi connectivity index (χ0n) is 18.4. The molecule has 0 bridgehead atoms. The van der Waals surface area contributed by atoms with Crippen molar-refractivity contribution in [1.82, 2.24) is 14.5 Å². The van der Waals surface area contributed by atoms with E-state index in [1.165, 1.54) is 0 Å². The first-order chi connectivity index (χ1) is 15.0.